The number of morpholine rings is 1. The summed E-state index contributed by atoms with van der Waals surface area (Å²) in [7, 11) is 0. The van der Waals surface area contributed by atoms with E-state index in [-0.39, 0.29) is 5.82 Å². The van der Waals surface area contributed by atoms with E-state index in [1.807, 2.05) is 12.1 Å². The van der Waals surface area contributed by atoms with Crippen LogP contribution in [0.1, 0.15) is 11.1 Å². The van der Waals surface area contributed by atoms with Crippen LogP contribution >= 0.6 is 0 Å². The standard InChI is InChI=1S/C14H21FN2O/c1-12-10-13(2-3-14(12)15)11-16-4-5-17-6-8-18-9-7-17/h2-3,10,16H,4-9,11H2,1H3. The minimum atomic E-state index is -0.132. The largest absolute Gasteiger partial charge is 0.379 e. The van der Waals surface area contributed by atoms with E-state index in [2.05, 4.69) is 10.2 Å². The highest BCUT2D eigenvalue weighted by atomic mass is 19.1. The Bertz CT molecular complexity index is 378. The molecule has 1 fully saturated rings. The van der Waals surface area contributed by atoms with Gasteiger partial charge in [-0.05, 0) is 24.1 Å². The van der Waals surface area contributed by atoms with Crippen molar-refractivity contribution < 1.29 is 9.13 Å². The van der Waals surface area contributed by atoms with Gasteiger partial charge in [0.15, 0.2) is 0 Å². The Labute approximate surface area is 108 Å². The molecule has 0 aliphatic carbocycles. The van der Waals surface area contributed by atoms with Gasteiger partial charge in [-0.3, -0.25) is 4.90 Å². The Hall–Kier alpha value is -0.970. The van der Waals surface area contributed by atoms with Crippen molar-refractivity contribution in [3.05, 3.63) is 35.1 Å². The molecule has 1 aromatic carbocycles. The van der Waals surface area contributed by atoms with E-state index in [0.29, 0.717) is 5.56 Å². The lowest BCUT2D eigenvalue weighted by molar-refractivity contribution is 0.0384. The van der Waals surface area contributed by atoms with Crippen LogP contribution in [0.2, 0.25) is 0 Å². The van der Waals surface area contributed by atoms with Crippen LogP contribution in [0.5, 0.6) is 0 Å². The summed E-state index contributed by atoms with van der Waals surface area (Å²) in [6.07, 6.45) is 0. The smallest absolute Gasteiger partial charge is 0.126 e. The predicted octanol–water partition coefficient (Wildman–Crippen LogP) is 1.56. The second-order valence-corrected chi connectivity index (χ2v) is 4.71. The van der Waals surface area contributed by atoms with E-state index < -0.39 is 0 Å². The molecule has 0 amide bonds. The molecule has 0 bridgehead atoms. The molecule has 0 spiro atoms. The number of halogens is 1. The number of aryl methyl sites for hydroxylation is 1. The number of nitrogens with zero attached hydrogens (tertiary/aromatic N) is 1. The molecule has 18 heavy (non-hydrogen) atoms. The number of hydrogen-bond acceptors (Lipinski definition) is 3. The van der Waals surface area contributed by atoms with Crippen molar-refractivity contribution in [3.63, 3.8) is 0 Å². The van der Waals surface area contributed by atoms with Gasteiger partial charge < -0.3 is 10.1 Å². The Kier molecular flexibility index (Phi) is 5.11. The first-order valence-corrected chi connectivity index (χ1v) is 6.51. The first kappa shape index (κ1) is 13.5. The molecule has 1 aliphatic rings. The van der Waals surface area contributed by atoms with Gasteiger partial charge in [-0.1, -0.05) is 12.1 Å². The lowest BCUT2D eigenvalue weighted by Crippen LogP contribution is -2.40. The monoisotopic (exact) mass is 252 g/mol. The molecule has 1 saturated heterocycles. The lowest BCUT2D eigenvalue weighted by atomic mass is 10.1. The molecule has 1 aliphatic heterocycles. The van der Waals surface area contributed by atoms with Crippen LogP contribution in [0.25, 0.3) is 0 Å². The third kappa shape index (κ3) is 4.05. The van der Waals surface area contributed by atoms with Gasteiger partial charge in [0.2, 0.25) is 0 Å². The molecule has 4 heteroatoms. The molecule has 1 N–H and O–H groups in total. The Morgan fingerprint density at radius 2 is 2.11 bits per heavy atom. The molecule has 0 unspecified atom stereocenters. The zero-order valence-corrected chi connectivity index (χ0v) is 10.9. The van der Waals surface area contributed by atoms with Crippen molar-refractivity contribution in [1.82, 2.24) is 10.2 Å². The van der Waals surface area contributed by atoms with Crippen LogP contribution < -0.4 is 5.32 Å². The maximum absolute atomic E-state index is 13.1. The van der Waals surface area contributed by atoms with E-state index in [4.69, 9.17) is 4.74 Å². The second kappa shape index (κ2) is 6.83. The summed E-state index contributed by atoms with van der Waals surface area (Å²) in [5.74, 6) is -0.132. The zero-order valence-electron chi connectivity index (χ0n) is 10.9. The van der Waals surface area contributed by atoms with Gasteiger partial charge in [0.25, 0.3) is 0 Å². The highest BCUT2D eigenvalue weighted by molar-refractivity contribution is 5.23. The van der Waals surface area contributed by atoms with Crippen LogP contribution in [0, 0.1) is 12.7 Å². The van der Waals surface area contributed by atoms with E-state index in [1.54, 1.807) is 6.92 Å². The van der Waals surface area contributed by atoms with Crippen molar-refractivity contribution in [2.24, 2.45) is 0 Å². The van der Waals surface area contributed by atoms with Gasteiger partial charge in [-0.2, -0.15) is 0 Å². The Balaban J connectivity index is 1.66. The number of benzene rings is 1. The predicted molar refractivity (Wildman–Crippen MR) is 70.1 cm³/mol. The fourth-order valence-corrected chi connectivity index (χ4v) is 2.11. The summed E-state index contributed by atoms with van der Waals surface area (Å²) in [6.45, 7) is 8.33. The first-order valence-electron chi connectivity index (χ1n) is 6.51. The minimum absolute atomic E-state index is 0.132. The summed E-state index contributed by atoms with van der Waals surface area (Å²) in [5, 5.41) is 3.39. The van der Waals surface area contributed by atoms with E-state index in [9.17, 15) is 4.39 Å². The number of nitrogens with one attached hydrogen (secondary N) is 1. The zero-order chi connectivity index (χ0) is 12.8. The van der Waals surface area contributed by atoms with Crippen LogP contribution in [0.4, 0.5) is 4.39 Å². The molecule has 0 aromatic heterocycles. The van der Waals surface area contributed by atoms with E-state index in [1.165, 1.54) is 6.07 Å². The fraction of sp³-hybridized carbons (Fsp3) is 0.571. The van der Waals surface area contributed by atoms with E-state index >= 15 is 0 Å². The molecule has 0 atom stereocenters. The lowest BCUT2D eigenvalue weighted by Gasteiger charge is -2.26. The van der Waals surface area contributed by atoms with Crippen molar-refractivity contribution in [1.29, 1.82) is 0 Å². The molecule has 0 saturated carbocycles. The molecular weight excluding hydrogens is 231 g/mol. The number of hydrogen-bond donors (Lipinski definition) is 1. The van der Waals surface area contributed by atoms with Crippen molar-refractivity contribution in [3.8, 4) is 0 Å². The highest BCUT2D eigenvalue weighted by Gasteiger charge is 2.08. The van der Waals surface area contributed by atoms with Crippen LogP contribution in [0.15, 0.2) is 18.2 Å². The normalized spacial score (nSPS) is 17.0. The second-order valence-electron chi connectivity index (χ2n) is 4.71. The summed E-state index contributed by atoms with van der Waals surface area (Å²) in [6, 6.07) is 5.27. The van der Waals surface area contributed by atoms with Crippen LogP contribution in [-0.4, -0.2) is 44.3 Å². The summed E-state index contributed by atoms with van der Waals surface area (Å²) >= 11 is 0. The van der Waals surface area contributed by atoms with Gasteiger partial charge in [0, 0.05) is 32.7 Å². The minimum Gasteiger partial charge on any atom is -0.379 e. The van der Waals surface area contributed by atoms with Gasteiger partial charge in [0.05, 0.1) is 13.2 Å². The number of ether oxygens (including phenoxy) is 1. The summed E-state index contributed by atoms with van der Waals surface area (Å²) in [5.41, 5.74) is 1.85. The first-order chi connectivity index (χ1) is 8.75. The summed E-state index contributed by atoms with van der Waals surface area (Å²) in [4.78, 5) is 2.40. The Morgan fingerprint density at radius 1 is 1.33 bits per heavy atom. The molecule has 1 aromatic rings. The van der Waals surface area contributed by atoms with Crippen molar-refractivity contribution in [2.45, 2.75) is 13.5 Å². The SMILES string of the molecule is Cc1cc(CNCCN2CCOCC2)ccc1F. The third-order valence-corrected chi connectivity index (χ3v) is 3.26. The van der Waals surface area contributed by atoms with Crippen LogP contribution in [-0.2, 0) is 11.3 Å². The quantitative estimate of drug-likeness (QED) is 0.805. The topological polar surface area (TPSA) is 24.5 Å². The molecular formula is C14H21FN2O. The fourth-order valence-electron chi connectivity index (χ4n) is 2.11. The molecule has 2 rings (SSSR count). The number of rotatable bonds is 5. The van der Waals surface area contributed by atoms with Crippen molar-refractivity contribution in [2.75, 3.05) is 39.4 Å². The van der Waals surface area contributed by atoms with Gasteiger partial charge >= 0.3 is 0 Å². The molecule has 100 valence electrons. The van der Waals surface area contributed by atoms with E-state index in [0.717, 1.165) is 51.5 Å². The summed E-state index contributed by atoms with van der Waals surface area (Å²) < 4.78 is 18.4. The van der Waals surface area contributed by atoms with Gasteiger partial charge in [0.1, 0.15) is 5.82 Å². The maximum atomic E-state index is 13.1. The highest BCUT2D eigenvalue weighted by Crippen LogP contribution is 2.08. The van der Waals surface area contributed by atoms with Crippen molar-refractivity contribution >= 4 is 0 Å². The molecule has 3 nitrogen and oxygen atoms in total. The average Bonchev–Trinajstić information content (AvgIpc) is 2.40. The molecule has 0 radical (unpaired) electrons. The van der Waals surface area contributed by atoms with Crippen LogP contribution in [0.3, 0.4) is 0 Å². The average molecular weight is 252 g/mol. The van der Waals surface area contributed by atoms with Gasteiger partial charge in [-0.15, -0.1) is 0 Å². The third-order valence-electron chi connectivity index (χ3n) is 3.26. The Morgan fingerprint density at radius 3 is 2.83 bits per heavy atom. The molecule has 1 heterocycles. The van der Waals surface area contributed by atoms with Gasteiger partial charge in [-0.25, -0.2) is 4.39 Å². The maximum Gasteiger partial charge on any atom is 0.126 e.